The third-order valence-corrected chi connectivity index (χ3v) is 4.03. The Kier molecular flexibility index (Phi) is 3.33. The lowest BCUT2D eigenvalue weighted by Gasteiger charge is -2.44. The van der Waals surface area contributed by atoms with E-state index in [1.54, 1.807) is 6.07 Å². The molecule has 0 saturated carbocycles. The second-order valence-corrected chi connectivity index (χ2v) is 5.20. The SMILES string of the molecule is O=C(O)c1cc(N2CCN3CCCCC3C2)ncn1. The van der Waals surface area contributed by atoms with Crippen LogP contribution in [0.5, 0.6) is 0 Å². The van der Waals surface area contributed by atoms with Gasteiger partial charge in [-0.15, -0.1) is 0 Å². The number of carboxylic acids is 1. The standard InChI is InChI=1S/C13H18N4O2/c18-13(19)11-7-12(15-9-14-11)17-6-5-16-4-2-1-3-10(16)8-17/h7,9-10H,1-6,8H2,(H,18,19). The number of nitrogens with zero attached hydrogens (tertiary/aromatic N) is 4. The Bertz CT molecular complexity index is 479. The van der Waals surface area contributed by atoms with Gasteiger partial charge < -0.3 is 10.0 Å². The summed E-state index contributed by atoms with van der Waals surface area (Å²) in [6, 6.07) is 2.16. The normalized spacial score (nSPS) is 24.0. The number of carboxylic acid groups (broad SMARTS) is 1. The van der Waals surface area contributed by atoms with Crippen LogP contribution in [0.25, 0.3) is 0 Å². The number of hydrogen-bond acceptors (Lipinski definition) is 5. The second kappa shape index (κ2) is 5.13. The van der Waals surface area contributed by atoms with Gasteiger partial charge in [0.05, 0.1) is 0 Å². The molecule has 0 spiro atoms. The number of rotatable bonds is 2. The molecule has 2 aliphatic heterocycles. The van der Waals surface area contributed by atoms with Gasteiger partial charge in [-0.1, -0.05) is 6.42 Å². The number of carbonyl (C=O) groups is 1. The number of aromatic carboxylic acids is 1. The summed E-state index contributed by atoms with van der Waals surface area (Å²) in [5.41, 5.74) is 0.0658. The maximum atomic E-state index is 10.9. The molecule has 1 aromatic rings. The molecule has 2 saturated heterocycles. The Morgan fingerprint density at radius 3 is 3.00 bits per heavy atom. The molecule has 0 bridgehead atoms. The van der Waals surface area contributed by atoms with Crippen molar-refractivity contribution in [2.75, 3.05) is 31.1 Å². The molecule has 0 aromatic carbocycles. The van der Waals surface area contributed by atoms with E-state index in [0.717, 1.165) is 25.5 Å². The Morgan fingerprint density at radius 1 is 1.26 bits per heavy atom. The molecule has 0 amide bonds. The minimum atomic E-state index is -1.00. The molecule has 3 rings (SSSR count). The summed E-state index contributed by atoms with van der Waals surface area (Å²) >= 11 is 0. The summed E-state index contributed by atoms with van der Waals surface area (Å²) in [5.74, 6) is -0.266. The van der Waals surface area contributed by atoms with Crippen LogP contribution in [0.1, 0.15) is 29.8 Å². The first-order valence-corrected chi connectivity index (χ1v) is 6.78. The third-order valence-electron chi connectivity index (χ3n) is 4.03. The number of fused-ring (bicyclic) bond motifs is 1. The van der Waals surface area contributed by atoms with E-state index >= 15 is 0 Å². The van der Waals surface area contributed by atoms with Gasteiger partial charge in [0.25, 0.3) is 0 Å². The average Bonchev–Trinajstić information content (AvgIpc) is 2.47. The van der Waals surface area contributed by atoms with Crippen molar-refractivity contribution in [2.24, 2.45) is 0 Å². The van der Waals surface area contributed by atoms with Crippen molar-refractivity contribution >= 4 is 11.8 Å². The van der Waals surface area contributed by atoms with Gasteiger partial charge in [-0.05, 0) is 19.4 Å². The van der Waals surface area contributed by atoms with Crippen LogP contribution in [-0.4, -0.2) is 58.2 Å². The van der Waals surface area contributed by atoms with Gasteiger partial charge in [0.15, 0.2) is 5.69 Å². The van der Waals surface area contributed by atoms with E-state index < -0.39 is 5.97 Å². The summed E-state index contributed by atoms with van der Waals surface area (Å²) in [7, 11) is 0. The molecular weight excluding hydrogens is 244 g/mol. The van der Waals surface area contributed by atoms with Crippen LogP contribution in [0, 0.1) is 0 Å². The summed E-state index contributed by atoms with van der Waals surface area (Å²) in [6.45, 7) is 4.09. The van der Waals surface area contributed by atoms with Crippen LogP contribution >= 0.6 is 0 Å². The van der Waals surface area contributed by atoms with Crippen molar-refractivity contribution in [1.82, 2.24) is 14.9 Å². The molecule has 1 aromatic heterocycles. The summed E-state index contributed by atoms with van der Waals surface area (Å²) in [4.78, 5) is 23.7. The lowest BCUT2D eigenvalue weighted by atomic mass is 9.99. The molecule has 0 aliphatic carbocycles. The predicted molar refractivity (Wildman–Crippen MR) is 70.4 cm³/mol. The first kappa shape index (κ1) is 12.3. The fourth-order valence-corrected chi connectivity index (χ4v) is 3.00. The van der Waals surface area contributed by atoms with Crippen LogP contribution in [0.2, 0.25) is 0 Å². The van der Waals surface area contributed by atoms with Gasteiger partial charge in [-0.2, -0.15) is 0 Å². The Morgan fingerprint density at radius 2 is 2.16 bits per heavy atom. The van der Waals surface area contributed by atoms with Crippen molar-refractivity contribution in [3.63, 3.8) is 0 Å². The van der Waals surface area contributed by atoms with Gasteiger partial charge >= 0.3 is 5.97 Å². The van der Waals surface area contributed by atoms with Gasteiger partial charge in [-0.25, -0.2) is 14.8 Å². The van der Waals surface area contributed by atoms with E-state index in [1.165, 1.54) is 32.1 Å². The molecule has 3 heterocycles. The highest BCUT2D eigenvalue weighted by Gasteiger charge is 2.29. The smallest absolute Gasteiger partial charge is 0.354 e. The minimum Gasteiger partial charge on any atom is -0.477 e. The Labute approximate surface area is 112 Å². The van der Waals surface area contributed by atoms with Crippen LogP contribution in [0.4, 0.5) is 5.82 Å². The third kappa shape index (κ3) is 2.53. The van der Waals surface area contributed by atoms with E-state index in [-0.39, 0.29) is 5.69 Å². The average molecular weight is 262 g/mol. The second-order valence-electron chi connectivity index (χ2n) is 5.20. The number of piperidine rings is 1. The zero-order chi connectivity index (χ0) is 13.2. The maximum absolute atomic E-state index is 10.9. The van der Waals surface area contributed by atoms with Gasteiger partial charge in [-0.3, -0.25) is 4.90 Å². The molecule has 0 radical (unpaired) electrons. The zero-order valence-corrected chi connectivity index (χ0v) is 10.8. The largest absolute Gasteiger partial charge is 0.477 e. The Hall–Kier alpha value is -1.69. The topological polar surface area (TPSA) is 69.6 Å². The maximum Gasteiger partial charge on any atom is 0.354 e. The highest BCUT2D eigenvalue weighted by molar-refractivity contribution is 5.86. The quantitative estimate of drug-likeness (QED) is 0.852. The molecular formula is C13H18N4O2. The summed E-state index contributed by atoms with van der Waals surface area (Å²) in [5, 5.41) is 8.98. The van der Waals surface area contributed by atoms with E-state index in [1.807, 2.05) is 0 Å². The van der Waals surface area contributed by atoms with Crippen molar-refractivity contribution in [3.05, 3.63) is 18.1 Å². The first-order chi connectivity index (χ1) is 9.24. The van der Waals surface area contributed by atoms with Crippen molar-refractivity contribution < 1.29 is 9.90 Å². The fraction of sp³-hybridized carbons (Fsp3) is 0.615. The van der Waals surface area contributed by atoms with Gasteiger partial charge in [0, 0.05) is 31.7 Å². The van der Waals surface area contributed by atoms with Crippen LogP contribution in [-0.2, 0) is 0 Å². The van der Waals surface area contributed by atoms with Crippen molar-refractivity contribution in [2.45, 2.75) is 25.3 Å². The van der Waals surface area contributed by atoms with Gasteiger partial charge in [0.2, 0.25) is 0 Å². The zero-order valence-electron chi connectivity index (χ0n) is 10.8. The summed E-state index contributed by atoms with van der Waals surface area (Å²) < 4.78 is 0. The molecule has 6 heteroatoms. The van der Waals surface area contributed by atoms with E-state index in [2.05, 4.69) is 19.8 Å². The van der Waals surface area contributed by atoms with E-state index in [9.17, 15) is 4.79 Å². The van der Waals surface area contributed by atoms with E-state index in [4.69, 9.17) is 5.11 Å². The number of hydrogen-bond donors (Lipinski definition) is 1. The highest BCUT2D eigenvalue weighted by atomic mass is 16.4. The monoisotopic (exact) mass is 262 g/mol. The van der Waals surface area contributed by atoms with Crippen molar-refractivity contribution in [1.29, 1.82) is 0 Å². The minimum absolute atomic E-state index is 0.0658. The number of piperazine rings is 1. The van der Waals surface area contributed by atoms with Crippen molar-refractivity contribution in [3.8, 4) is 0 Å². The lowest BCUT2D eigenvalue weighted by molar-refractivity contribution is 0.0690. The molecule has 1 unspecified atom stereocenters. The fourth-order valence-electron chi connectivity index (χ4n) is 3.00. The number of aromatic nitrogens is 2. The summed E-state index contributed by atoms with van der Waals surface area (Å²) in [6.07, 6.45) is 5.16. The molecule has 2 aliphatic rings. The molecule has 1 N–H and O–H groups in total. The lowest BCUT2D eigenvalue weighted by Crippen LogP contribution is -2.55. The Balaban J connectivity index is 1.75. The predicted octanol–water partition coefficient (Wildman–Crippen LogP) is 0.849. The highest BCUT2D eigenvalue weighted by Crippen LogP contribution is 2.23. The van der Waals surface area contributed by atoms with Crippen LogP contribution < -0.4 is 4.90 Å². The molecule has 6 nitrogen and oxygen atoms in total. The van der Waals surface area contributed by atoms with Crippen LogP contribution in [0.15, 0.2) is 12.4 Å². The molecule has 2 fully saturated rings. The first-order valence-electron chi connectivity index (χ1n) is 6.78. The number of anilines is 1. The molecule has 1 atom stereocenters. The molecule has 19 heavy (non-hydrogen) atoms. The van der Waals surface area contributed by atoms with Crippen LogP contribution in [0.3, 0.4) is 0 Å². The molecule has 102 valence electrons. The van der Waals surface area contributed by atoms with E-state index in [0.29, 0.717) is 6.04 Å². The van der Waals surface area contributed by atoms with Gasteiger partial charge in [0.1, 0.15) is 12.1 Å².